The fourth-order valence-corrected chi connectivity index (χ4v) is 10.2. The van der Waals surface area contributed by atoms with Crippen LogP contribution in [0.5, 0.6) is 0 Å². The number of para-hydroxylation sites is 2. The zero-order chi connectivity index (χ0) is 39.7. The van der Waals surface area contributed by atoms with Crippen molar-refractivity contribution in [1.29, 1.82) is 0 Å². The number of aromatic nitrogens is 1. The van der Waals surface area contributed by atoms with Gasteiger partial charge in [0.25, 0.3) is 0 Å². The number of fused-ring (bicyclic) bond motifs is 13. The molecule has 1 heterocycles. The van der Waals surface area contributed by atoms with Crippen LogP contribution < -0.4 is 0 Å². The van der Waals surface area contributed by atoms with Crippen molar-refractivity contribution in [1.82, 2.24) is 4.57 Å². The van der Waals surface area contributed by atoms with Gasteiger partial charge in [0.1, 0.15) is 0 Å². The second kappa shape index (κ2) is 13.7. The van der Waals surface area contributed by atoms with Gasteiger partial charge in [0.15, 0.2) is 0 Å². The Hall–Kier alpha value is -7.22. The lowest BCUT2D eigenvalue weighted by Gasteiger charge is -2.31. The predicted molar refractivity (Wildman–Crippen MR) is 249 cm³/mol. The SMILES string of the molecule is Cc1ccc2c(c1)C1(c3ccccc3-c3ccccc31)c1cc(-c3ccc(-n4c5ccccc5c5ccccc54)cc3)ccc1-2.Cc1ccccc1-c1ccccc1C. The molecule has 1 spiro atoms. The Balaban J connectivity index is 0.000000241. The van der Waals surface area contributed by atoms with Crippen molar-refractivity contribution in [3.8, 4) is 50.2 Å². The zero-order valence-electron chi connectivity index (χ0n) is 33.6. The Morgan fingerprint density at radius 3 is 1.31 bits per heavy atom. The van der Waals surface area contributed by atoms with Gasteiger partial charge in [-0.15, -0.1) is 0 Å². The van der Waals surface area contributed by atoms with E-state index in [1.165, 1.54) is 111 Å². The topological polar surface area (TPSA) is 4.93 Å². The number of hydrogen-bond acceptors (Lipinski definition) is 0. The average Bonchev–Trinajstić information content (AvgIpc) is 3.88. The molecule has 0 aliphatic heterocycles. The molecule has 0 amide bonds. The Kier molecular flexibility index (Phi) is 8.13. The van der Waals surface area contributed by atoms with Gasteiger partial charge < -0.3 is 4.57 Å². The van der Waals surface area contributed by atoms with Crippen molar-refractivity contribution < 1.29 is 0 Å². The Morgan fingerprint density at radius 1 is 0.322 bits per heavy atom. The van der Waals surface area contributed by atoms with Crippen LogP contribution in [0.1, 0.15) is 38.9 Å². The minimum atomic E-state index is -0.331. The third-order valence-electron chi connectivity index (χ3n) is 12.9. The summed E-state index contributed by atoms with van der Waals surface area (Å²) < 4.78 is 2.39. The van der Waals surface area contributed by atoms with Crippen molar-refractivity contribution >= 4 is 21.8 Å². The summed E-state index contributed by atoms with van der Waals surface area (Å²) in [4.78, 5) is 0. The summed E-state index contributed by atoms with van der Waals surface area (Å²) in [6.45, 7) is 6.53. The minimum Gasteiger partial charge on any atom is -0.309 e. The van der Waals surface area contributed by atoms with Crippen LogP contribution in [0.3, 0.4) is 0 Å². The molecule has 1 aromatic heterocycles. The second-order valence-electron chi connectivity index (χ2n) is 16.2. The Morgan fingerprint density at radius 2 is 0.746 bits per heavy atom. The molecule has 0 N–H and O–H groups in total. The largest absolute Gasteiger partial charge is 0.309 e. The van der Waals surface area contributed by atoms with Gasteiger partial charge in [0.05, 0.1) is 16.4 Å². The van der Waals surface area contributed by atoms with Crippen LogP contribution in [0.15, 0.2) is 206 Å². The van der Waals surface area contributed by atoms with Crippen LogP contribution in [0.25, 0.3) is 72.0 Å². The Bertz CT molecular complexity index is 3110. The maximum Gasteiger partial charge on any atom is 0.0725 e. The number of benzene rings is 9. The molecule has 0 fully saturated rings. The fraction of sp³-hybridized carbons (Fsp3) is 0.0690. The summed E-state index contributed by atoms with van der Waals surface area (Å²) in [6.07, 6.45) is 0. The van der Waals surface area contributed by atoms with Crippen LogP contribution in [0, 0.1) is 20.8 Å². The lowest BCUT2D eigenvalue weighted by molar-refractivity contribution is 0.793. The predicted octanol–water partition coefficient (Wildman–Crippen LogP) is 15.1. The van der Waals surface area contributed by atoms with Gasteiger partial charge in [-0.2, -0.15) is 0 Å². The van der Waals surface area contributed by atoms with E-state index in [0.29, 0.717) is 0 Å². The van der Waals surface area contributed by atoms with Gasteiger partial charge in [0, 0.05) is 16.5 Å². The monoisotopic (exact) mass is 753 g/mol. The summed E-state index contributed by atoms with van der Waals surface area (Å²) in [5, 5.41) is 2.57. The molecule has 0 atom stereocenters. The molecule has 0 saturated heterocycles. The molecule has 9 aromatic carbocycles. The van der Waals surface area contributed by atoms with Crippen LogP contribution in [0.2, 0.25) is 0 Å². The Labute approximate surface area is 346 Å². The molecule has 2 aliphatic rings. The first-order valence-electron chi connectivity index (χ1n) is 20.7. The quantitative estimate of drug-likeness (QED) is 0.169. The molecule has 0 saturated carbocycles. The standard InChI is InChI=1S/C44H29N.C14H14/c1-28-18-24-34-35-25-21-30(27-41(35)44(40(34)26-28)38-14-6-2-10-32(38)33-11-3-7-15-39(33)44)29-19-22-31(23-20-29)45-42-16-8-4-12-36(42)37-13-5-9-17-43(37)45;1-11-7-3-5-9-13(11)14-10-6-4-8-12(14)2/h2-27H,1H3;3-10H,1-2H3. The molecule has 59 heavy (non-hydrogen) atoms. The van der Waals surface area contributed by atoms with Crippen molar-refractivity contribution in [2.75, 3.05) is 0 Å². The highest BCUT2D eigenvalue weighted by molar-refractivity contribution is 6.09. The highest BCUT2D eigenvalue weighted by Gasteiger charge is 2.51. The van der Waals surface area contributed by atoms with Gasteiger partial charge in [0.2, 0.25) is 0 Å². The van der Waals surface area contributed by atoms with Crippen molar-refractivity contribution in [3.05, 3.63) is 245 Å². The number of hydrogen-bond donors (Lipinski definition) is 0. The van der Waals surface area contributed by atoms with Gasteiger partial charge in [-0.05, 0) is 129 Å². The molecular weight excluding hydrogens is 711 g/mol. The zero-order valence-corrected chi connectivity index (χ0v) is 33.6. The van der Waals surface area contributed by atoms with E-state index in [9.17, 15) is 0 Å². The van der Waals surface area contributed by atoms with Gasteiger partial charge in [-0.1, -0.05) is 181 Å². The highest BCUT2D eigenvalue weighted by atomic mass is 15.0. The van der Waals surface area contributed by atoms with E-state index >= 15 is 0 Å². The molecule has 0 bridgehead atoms. The van der Waals surface area contributed by atoms with Crippen LogP contribution in [0.4, 0.5) is 0 Å². The first-order valence-corrected chi connectivity index (χ1v) is 20.7. The molecule has 0 unspecified atom stereocenters. The van der Waals surface area contributed by atoms with Crippen molar-refractivity contribution in [2.24, 2.45) is 0 Å². The molecule has 1 nitrogen and oxygen atoms in total. The summed E-state index contributed by atoms with van der Waals surface area (Å²) in [5.74, 6) is 0. The summed E-state index contributed by atoms with van der Waals surface area (Å²) in [5.41, 5.74) is 23.3. The van der Waals surface area contributed by atoms with E-state index < -0.39 is 0 Å². The average molecular weight is 754 g/mol. The third kappa shape index (κ3) is 5.31. The molecule has 12 rings (SSSR count). The summed E-state index contributed by atoms with van der Waals surface area (Å²) in [6, 6.07) is 75.8. The van der Waals surface area contributed by atoms with Crippen molar-refractivity contribution in [2.45, 2.75) is 26.2 Å². The molecule has 10 aromatic rings. The van der Waals surface area contributed by atoms with Crippen LogP contribution >= 0.6 is 0 Å². The highest BCUT2D eigenvalue weighted by Crippen LogP contribution is 2.63. The fourth-order valence-electron chi connectivity index (χ4n) is 10.2. The molecule has 2 aliphatic carbocycles. The molecule has 1 heteroatoms. The molecular formula is C58H43N. The van der Waals surface area contributed by atoms with E-state index in [1.807, 2.05) is 0 Å². The van der Waals surface area contributed by atoms with Crippen molar-refractivity contribution in [3.63, 3.8) is 0 Å². The van der Waals surface area contributed by atoms with Crippen LogP contribution in [-0.4, -0.2) is 4.57 Å². The number of rotatable bonds is 3. The van der Waals surface area contributed by atoms with E-state index in [4.69, 9.17) is 0 Å². The third-order valence-corrected chi connectivity index (χ3v) is 12.9. The van der Waals surface area contributed by atoms with Gasteiger partial charge in [-0.25, -0.2) is 0 Å². The van der Waals surface area contributed by atoms with Gasteiger partial charge in [-0.3, -0.25) is 0 Å². The summed E-state index contributed by atoms with van der Waals surface area (Å²) >= 11 is 0. The summed E-state index contributed by atoms with van der Waals surface area (Å²) in [7, 11) is 0. The maximum absolute atomic E-state index is 2.47. The maximum atomic E-state index is 2.47. The van der Waals surface area contributed by atoms with E-state index in [-0.39, 0.29) is 5.41 Å². The van der Waals surface area contributed by atoms with Crippen LogP contribution in [-0.2, 0) is 5.41 Å². The normalized spacial score (nSPS) is 12.8. The van der Waals surface area contributed by atoms with E-state index in [0.717, 1.165) is 0 Å². The first kappa shape index (κ1) is 35.0. The molecule has 0 radical (unpaired) electrons. The first-order chi connectivity index (χ1) is 29.0. The van der Waals surface area contributed by atoms with E-state index in [2.05, 4.69) is 232 Å². The van der Waals surface area contributed by atoms with E-state index in [1.54, 1.807) is 0 Å². The smallest absolute Gasteiger partial charge is 0.0725 e. The number of aryl methyl sites for hydroxylation is 3. The molecule has 280 valence electrons. The minimum absolute atomic E-state index is 0.331. The lowest BCUT2D eigenvalue weighted by atomic mass is 9.70. The lowest BCUT2D eigenvalue weighted by Crippen LogP contribution is -2.26. The van der Waals surface area contributed by atoms with Gasteiger partial charge >= 0.3 is 0 Å². The second-order valence-corrected chi connectivity index (χ2v) is 16.2. The number of nitrogens with zero attached hydrogens (tertiary/aromatic N) is 1.